The van der Waals surface area contributed by atoms with Crippen LogP contribution in [0.3, 0.4) is 0 Å². The Morgan fingerprint density at radius 2 is 1.67 bits per heavy atom. The number of ether oxygens (including phenoxy) is 3. The Bertz CT molecular complexity index is 810. The van der Waals surface area contributed by atoms with Crippen molar-refractivity contribution < 1.29 is 19.0 Å². The summed E-state index contributed by atoms with van der Waals surface area (Å²) in [5.41, 5.74) is 2.81. The standard InChI is InChI=1S/C20H24N2O4S/c1-13-5-7-14(8-6-13)21-20(23)22-9-10-27-19(22)15-11-17(25-3)18(26-4)12-16(15)24-2/h5-8,11-12,19H,9-10H2,1-4H3,(H,21,23). The number of nitrogens with one attached hydrogen (secondary N) is 1. The summed E-state index contributed by atoms with van der Waals surface area (Å²) in [6, 6.07) is 11.3. The first kappa shape index (κ1) is 19.2. The Morgan fingerprint density at radius 1 is 1.04 bits per heavy atom. The van der Waals surface area contributed by atoms with E-state index in [0.717, 1.165) is 22.6 Å². The van der Waals surface area contributed by atoms with Gasteiger partial charge in [-0.05, 0) is 25.1 Å². The molecule has 1 atom stereocenters. The summed E-state index contributed by atoms with van der Waals surface area (Å²) in [4.78, 5) is 14.7. The van der Waals surface area contributed by atoms with Crippen LogP contribution in [0, 0.1) is 6.92 Å². The Hall–Kier alpha value is -2.54. The quantitative estimate of drug-likeness (QED) is 0.827. The second-order valence-corrected chi connectivity index (χ2v) is 7.35. The number of carbonyl (C=O) groups is 1. The summed E-state index contributed by atoms with van der Waals surface area (Å²) in [5.74, 6) is 2.72. The molecule has 27 heavy (non-hydrogen) atoms. The van der Waals surface area contributed by atoms with Gasteiger partial charge in [0.2, 0.25) is 0 Å². The average Bonchev–Trinajstić information content (AvgIpc) is 3.18. The summed E-state index contributed by atoms with van der Waals surface area (Å²) < 4.78 is 16.3. The zero-order valence-corrected chi connectivity index (χ0v) is 16.8. The van der Waals surface area contributed by atoms with Gasteiger partial charge in [0.05, 0.1) is 21.3 Å². The summed E-state index contributed by atoms with van der Waals surface area (Å²) in [7, 11) is 4.79. The number of amides is 2. The normalized spacial score (nSPS) is 16.1. The topological polar surface area (TPSA) is 60.0 Å². The zero-order valence-electron chi connectivity index (χ0n) is 15.9. The van der Waals surface area contributed by atoms with E-state index in [9.17, 15) is 4.79 Å². The highest BCUT2D eigenvalue weighted by Gasteiger charge is 2.33. The van der Waals surface area contributed by atoms with Crippen LogP contribution in [0.5, 0.6) is 17.2 Å². The number of thioether (sulfide) groups is 1. The molecule has 1 aliphatic heterocycles. The lowest BCUT2D eigenvalue weighted by molar-refractivity contribution is 0.213. The molecule has 0 spiro atoms. The summed E-state index contributed by atoms with van der Waals surface area (Å²) >= 11 is 1.70. The predicted octanol–water partition coefficient (Wildman–Crippen LogP) is 4.30. The third-order valence-electron chi connectivity index (χ3n) is 4.46. The molecule has 1 fully saturated rings. The second kappa shape index (κ2) is 8.43. The third-order valence-corrected chi connectivity index (χ3v) is 5.70. The fourth-order valence-corrected chi connectivity index (χ4v) is 4.28. The minimum absolute atomic E-state index is 0.134. The summed E-state index contributed by atoms with van der Waals surface area (Å²) in [6.07, 6.45) is 0. The lowest BCUT2D eigenvalue weighted by Crippen LogP contribution is -2.34. The molecule has 1 N–H and O–H groups in total. The van der Waals surface area contributed by atoms with E-state index in [1.165, 1.54) is 0 Å². The van der Waals surface area contributed by atoms with Crippen molar-refractivity contribution in [2.24, 2.45) is 0 Å². The van der Waals surface area contributed by atoms with E-state index in [4.69, 9.17) is 14.2 Å². The molecule has 0 aromatic heterocycles. The molecular formula is C20H24N2O4S. The molecule has 7 heteroatoms. The monoisotopic (exact) mass is 388 g/mol. The maximum absolute atomic E-state index is 12.9. The Balaban J connectivity index is 1.87. The van der Waals surface area contributed by atoms with Crippen LogP contribution in [0.15, 0.2) is 36.4 Å². The van der Waals surface area contributed by atoms with E-state index in [1.807, 2.05) is 42.2 Å². The van der Waals surface area contributed by atoms with Gasteiger partial charge in [0, 0.05) is 29.6 Å². The van der Waals surface area contributed by atoms with E-state index in [1.54, 1.807) is 39.2 Å². The molecule has 2 aromatic rings. The van der Waals surface area contributed by atoms with E-state index < -0.39 is 0 Å². The van der Waals surface area contributed by atoms with Gasteiger partial charge in [-0.3, -0.25) is 0 Å². The SMILES string of the molecule is COc1cc(OC)c(C2SCCN2C(=O)Nc2ccc(C)cc2)cc1OC. The highest BCUT2D eigenvalue weighted by atomic mass is 32.2. The molecule has 144 valence electrons. The number of anilines is 1. The molecule has 0 saturated carbocycles. The molecule has 6 nitrogen and oxygen atoms in total. The van der Waals surface area contributed by atoms with Gasteiger partial charge >= 0.3 is 6.03 Å². The van der Waals surface area contributed by atoms with Gasteiger partial charge in [0.25, 0.3) is 0 Å². The van der Waals surface area contributed by atoms with Crippen LogP contribution in [0.25, 0.3) is 0 Å². The van der Waals surface area contributed by atoms with Gasteiger partial charge in [-0.25, -0.2) is 4.79 Å². The second-order valence-electron chi connectivity index (χ2n) is 6.16. The number of methoxy groups -OCH3 is 3. The Kier molecular flexibility index (Phi) is 6.01. The number of nitrogens with zero attached hydrogens (tertiary/aromatic N) is 1. The van der Waals surface area contributed by atoms with Crippen molar-refractivity contribution in [3.8, 4) is 17.2 Å². The fraction of sp³-hybridized carbons (Fsp3) is 0.350. The molecule has 0 aliphatic carbocycles. The van der Waals surface area contributed by atoms with Gasteiger partial charge in [-0.2, -0.15) is 0 Å². The predicted molar refractivity (Wildman–Crippen MR) is 108 cm³/mol. The van der Waals surface area contributed by atoms with E-state index in [-0.39, 0.29) is 11.4 Å². The lowest BCUT2D eigenvalue weighted by Gasteiger charge is -2.26. The van der Waals surface area contributed by atoms with E-state index in [0.29, 0.717) is 23.8 Å². The molecule has 2 amide bonds. The fourth-order valence-electron chi connectivity index (χ4n) is 3.01. The smallest absolute Gasteiger partial charge is 0.323 e. The van der Waals surface area contributed by atoms with Gasteiger partial charge < -0.3 is 24.4 Å². The maximum Gasteiger partial charge on any atom is 0.323 e. The maximum atomic E-state index is 12.9. The first-order valence-electron chi connectivity index (χ1n) is 8.63. The molecule has 0 radical (unpaired) electrons. The van der Waals surface area contributed by atoms with E-state index >= 15 is 0 Å². The highest BCUT2D eigenvalue weighted by Crippen LogP contribution is 2.46. The van der Waals surface area contributed by atoms with Crippen LogP contribution >= 0.6 is 11.8 Å². The van der Waals surface area contributed by atoms with Crippen molar-refractivity contribution in [3.05, 3.63) is 47.5 Å². The molecule has 0 bridgehead atoms. The van der Waals surface area contributed by atoms with Crippen LogP contribution in [-0.4, -0.2) is 44.6 Å². The number of aryl methyl sites for hydroxylation is 1. The van der Waals surface area contributed by atoms with Gasteiger partial charge in [-0.1, -0.05) is 17.7 Å². The lowest BCUT2D eigenvalue weighted by atomic mass is 10.1. The van der Waals surface area contributed by atoms with Crippen molar-refractivity contribution >= 4 is 23.5 Å². The van der Waals surface area contributed by atoms with Crippen molar-refractivity contribution in [2.45, 2.75) is 12.3 Å². The number of urea groups is 1. The van der Waals surface area contributed by atoms with Gasteiger partial charge in [-0.15, -0.1) is 11.8 Å². The molecule has 1 heterocycles. The van der Waals surface area contributed by atoms with Crippen LogP contribution in [0.2, 0.25) is 0 Å². The number of carbonyl (C=O) groups excluding carboxylic acids is 1. The van der Waals surface area contributed by atoms with E-state index in [2.05, 4.69) is 5.32 Å². The molecule has 1 unspecified atom stereocenters. The third kappa shape index (κ3) is 4.08. The Labute approximate surface area is 163 Å². The first-order valence-corrected chi connectivity index (χ1v) is 9.68. The number of rotatable bonds is 5. The minimum Gasteiger partial charge on any atom is -0.496 e. The molecule has 1 aliphatic rings. The molecular weight excluding hydrogens is 364 g/mol. The number of hydrogen-bond acceptors (Lipinski definition) is 5. The highest BCUT2D eigenvalue weighted by molar-refractivity contribution is 7.99. The zero-order chi connectivity index (χ0) is 19.4. The number of hydrogen-bond donors (Lipinski definition) is 1. The van der Waals surface area contributed by atoms with Crippen molar-refractivity contribution in [1.82, 2.24) is 4.90 Å². The van der Waals surface area contributed by atoms with Crippen LogP contribution in [-0.2, 0) is 0 Å². The van der Waals surface area contributed by atoms with Crippen LogP contribution < -0.4 is 19.5 Å². The first-order chi connectivity index (χ1) is 13.1. The minimum atomic E-state index is -0.162. The van der Waals surface area contributed by atoms with Crippen molar-refractivity contribution in [1.29, 1.82) is 0 Å². The Morgan fingerprint density at radius 3 is 2.30 bits per heavy atom. The average molecular weight is 388 g/mol. The summed E-state index contributed by atoms with van der Waals surface area (Å²) in [5, 5.41) is 2.81. The molecule has 3 rings (SSSR count). The van der Waals surface area contributed by atoms with Gasteiger partial charge in [0.15, 0.2) is 11.5 Å². The molecule has 2 aromatic carbocycles. The van der Waals surface area contributed by atoms with Crippen molar-refractivity contribution in [2.75, 3.05) is 38.9 Å². The van der Waals surface area contributed by atoms with Crippen LogP contribution in [0.4, 0.5) is 10.5 Å². The molecule has 1 saturated heterocycles. The number of benzene rings is 2. The summed E-state index contributed by atoms with van der Waals surface area (Å²) in [6.45, 7) is 2.67. The van der Waals surface area contributed by atoms with Crippen molar-refractivity contribution in [3.63, 3.8) is 0 Å². The van der Waals surface area contributed by atoms with Gasteiger partial charge in [0.1, 0.15) is 11.1 Å². The largest absolute Gasteiger partial charge is 0.496 e. The van der Waals surface area contributed by atoms with Crippen LogP contribution in [0.1, 0.15) is 16.5 Å².